The Morgan fingerprint density at radius 1 is 1.50 bits per heavy atom. The summed E-state index contributed by atoms with van der Waals surface area (Å²) in [5.41, 5.74) is 13.1. The number of hydrogen-bond donors (Lipinski definition) is 2. The van der Waals surface area contributed by atoms with Crippen molar-refractivity contribution in [3.8, 4) is 0 Å². The molecule has 4 N–H and O–H groups in total. The van der Waals surface area contributed by atoms with E-state index < -0.39 is 0 Å². The highest BCUT2D eigenvalue weighted by Gasteiger charge is 2.10. The first-order chi connectivity index (χ1) is 6.56. The predicted molar refractivity (Wildman–Crippen MR) is 58.7 cm³/mol. The zero-order valence-electron chi connectivity index (χ0n) is 7.71. The first-order valence-corrected chi connectivity index (χ1v) is 4.74. The van der Waals surface area contributed by atoms with Gasteiger partial charge in [0, 0.05) is 5.69 Å². The molecule has 1 aromatic rings. The van der Waals surface area contributed by atoms with Gasteiger partial charge in [0.25, 0.3) is 0 Å². The van der Waals surface area contributed by atoms with Gasteiger partial charge in [0.15, 0.2) is 0 Å². The van der Waals surface area contributed by atoms with E-state index >= 15 is 0 Å². The van der Waals surface area contributed by atoms with Crippen molar-refractivity contribution in [2.45, 2.75) is 6.42 Å². The van der Waals surface area contributed by atoms with Crippen molar-refractivity contribution in [2.75, 3.05) is 18.6 Å². The molecule has 0 aliphatic heterocycles. The summed E-state index contributed by atoms with van der Waals surface area (Å²) in [6.07, 6.45) is 0.154. The molecule has 4 nitrogen and oxygen atoms in total. The predicted octanol–water partition coefficient (Wildman–Crippen LogP) is 1.33. The van der Waals surface area contributed by atoms with E-state index in [1.54, 1.807) is 12.1 Å². The minimum absolute atomic E-state index is 0.154. The molecular formula is C9H11BrN2O2. The topological polar surface area (TPSA) is 78.3 Å². The molecule has 0 unspecified atom stereocenters. The molecule has 0 spiro atoms. The van der Waals surface area contributed by atoms with Gasteiger partial charge in [-0.15, -0.1) is 0 Å². The highest BCUT2D eigenvalue weighted by Crippen LogP contribution is 2.29. The van der Waals surface area contributed by atoms with Crippen LogP contribution in [0, 0.1) is 0 Å². The molecule has 0 atom stereocenters. The lowest BCUT2D eigenvalue weighted by atomic mass is 10.1. The summed E-state index contributed by atoms with van der Waals surface area (Å²) in [7, 11) is 1.34. The molecule has 0 heterocycles. The molecule has 0 aromatic heterocycles. The summed E-state index contributed by atoms with van der Waals surface area (Å²) >= 11 is 3.24. The average molecular weight is 259 g/mol. The standard InChI is InChI=1S/C9H11BrN2O2/c1-14-7(13)4-5-2-3-6(11)8(10)9(5)12/h2-3H,4,11-12H2,1H3. The van der Waals surface area contributed by atoms with E-state index in [0.717, 1.165) is 0 Å². The van der Waals surface area contributed by atoms with Gasteiger partial charge in [-0.1, -0.05) is 6.07 Å². The van der Waals surface area contributed by atoms with Crippen molar-refractivity contribution in [1.82, 2.24) is 0 Å². The van der Waals surface area contributed by atoms with Crippen LogP contribution in [-0.2, 0) is 16.0 Å². The highest BCUT2D eigenvalue weighted by atomic mass is 79.9. The average Bonchev–Trinajstić information content (AvgIpc) is 2.19. The van der Waals surface area contributed by atoms with Gasteiger partial charge in [0.2, 0.25) is 0 Å². The number of halogens is 1. The zero-order valence-corrected chi connectivity index (χ0v) is 9.30. The lowest BCUT2D eigenvalue weighted by molar-refractivity contribution is -0.139. The van der Waals surface area contributed by atoms with E-state index in [0.29, 0.717) is 21.4 Å². The van der Waals surface area contributed by atoms with E-state index in [4.69, 9.17) is 11.5 Å². The Hall–Kier alpha value is -1.23. The van der Waals surface area contributed by atoms with Crippen LogP contribution in [-0.4, -0.2) is 13.1 Å². The van der Waals surface area contributed by atoms with Crippen molar-refractivity contribution < 1.29 is 9.53 Å². The van der Waals surface area contributed by atoms with Crippen LogP contribution in [0.2, 0.25) is 0 Å². The lowest BCUT2D eigenvalue weighted by Crippen LogP contribution is -2.07. The van der Waals surface area contributed by atoms with Crippen molar-refractivity contribution in [3.63, 3.8) is 0 Å². The third-order valence-electron chi connectivity index (χ3n) is 1.86. The summed E-state index contributed by atoms with van der Waals surface area (Å²) in [6, 6.07) is 3.41. The van der Waals surface area contributed by atoms with Gasteiger partial charge in [0.1, 0.15) is 0 Å². The Labute approximate surface area is 90.3 Å². The minimum Gasteiger partial charge on any atom is -0.469 e. The molecule has 1 rings (SSSR count). The highest BCUT2D eigenvalue weighted by molar-refractivity contribution is 9.10. The molecule has 76 valence electrons. The Morgan fingerprint density at radius 3 is 2.71 bits per heavy atom. The zero-order chi connectivity index (χ0) is 10.7. The fourth-order valence-electron chi connectivity index (χ4n) is 1.03. The van der Waals surface area contributed by atoms with Crippen LogP contribution in [0.1, 0.15) is 5.56 Å². The molecule has 0 amide bonds. The van der Waals surface area contributed by atoms with Gasteiger partial charge in [-0.25, -0.2) is 0 Å². The molecule has 0 bridgehead atoms. The Morgan fingerprint density at radius 2 is 2.14 bits per heavy atom. The molecule has 0 saturated heterocycles. The van der Waals surface area contributed by atoms with Gasteiger partial charge < -0.3 is 16.2 Å². The van der Waals surface area contributed by atoms with Crippen LogP contribution in [0.3, 0.4) is 0 Å². The molecule has 14 heavy (non-hydrogen) atoms. The largest absolute Gasteiger partial charge is 0.469 e. The van der Waals surface area contributed by atoms with Gasteiger partial charge in [-0.3, -0.25) is 4.79 Å². The van der Waals surface area contributed by atoms with Crippen LogP contribution in [0.25, 0.3) is 0 Å². The van der Waals surface area contributed by atoms with Gasteiger partial charge in [0.05, 0.1) is 23.7 Å². The molecule has 0 radical (unpaired) electrons. The molecular weight excluding hydrogens is 248 g/mol. The van der Waals surface area contributed by atoms with E-state index in [1.165, 1.54) is 7.11 Å². The number of rotatable bonds is 2. The number of esters is 1. The third kappa shape index (κ3) is 2.17. The molecule has 5 heteroatoms. The smallest absolute Gasteiger partial charge is 0.310 e. The molecule has 0 saturated carbocycles. The fourth-order valence-corrected chi connectivity index (χ4v) is 1.42. The number of benzene rings is 1. The van der Waals surface area contributed by atoms with Crippen molar-refractivity contribution in [3.05, 3.63) is 22.2 Å². The van der Waals surface area contributed by atoms with Crippen LogP contribution >= 0.6 is 15.9 Å². The quantitative estimate of drug-likeness (QED) is 0.620. The molecule has 0 fully saturated rings. The summed E-state index contributed by atoms with van der Waals surface area (Å²) < 4.78 is 5.16. The Kier molecular flexibility index (Phi) is 3.35. The number of carbonyl (C=O) groups is 1. The minimum atomic E-state index is -0.326. The second-order valence-electron chi connectivity index (χ2n) is 2.79. The maximum Gasteiger partial charge on any atom is 0.310 e. The number of nitrogen functional groups attached to an aromatic ring is 2. The summed E-state index contributed by atoms with van der Waals surface area (Å²) in [6.45, 7) is 0. The number of hydrogen-bond acceptors (Lipinski definition) is 4. The molecule has 0 aliphatic carbocycles. The van der Waals surface area contributed by atoms with E-state index in [9.17, 15) is 4.79 Å². The summed E-state index contributed by atoms with van der Waals surface area (Å²) in [5, 5.41) is 0. The third-order valence-corrected chi connectivity index (χ3v) is 2.75. The maximum atomic E-state index is 11.0. The van der Waals surface area contributed by atoms with Crippen molar-refractivity contribution in [1.29, 1.82) is 0 Å². The number of ether oxygens (including phenoxy) is 1. The van der Waals surface area contributed by atoms with Crippen LogP contribution in [0.15, 0.2) is 16.6 Å². The summed E-state index contributed by atoms with van der Waals surface area (Å²) in [5.74, 6) is -0.326. The van der Waals surface area contributed by atoms with Gasteiger partial charge in [-0.2, -0.15) is 0 Å². The lowest BCUT2D eigenvalue weighted by Gasteiger charge is -2.08. The number of carbonyl (C=O) groups excluding carboxylic acids is 1. The number of nitrogens with two attached hydrogens (primary N) is 2. The van der Waals surface area contributed by atoms with Crippen LogP contribution in [0.5, 0.6) is 0 Å². The van der Waals surface area contributed by atoms with E-state index in [-0.39, 0.29) is 12.4 Å². The molecule has 0 aliphatic rings. The van der Waals surface area contributed by atoms with Gasteiger partial charge in [-0.05, 0) is 27.6 Å². The first kappa shape index (κ1) is 10.8. The fraction of sp³-hybridized carbons (Fsp3) is 0.222. The summed E-state index contributed by atoms with van der Waals surface area (Å²) in [4.78, 5) is 11.0. The second kappa shape index (κ2) is 4.32. The van der Waals surface area contributed by atoms with E-state index in [2.05, 4.69) is 20.7 Å². The monoisotopic (exact) mass is 258 g/mol. The SMILES string of the molecule is COC(=O)Cc1ccc(N)c(Br)c1N. The number of anilines is 2. The Balaban J connectivity index is 3.00. The molecule has 1 aromatic carbocycles. The Bertz CT molecular complexity index is 366. The van der Waals surface area contributed by atoms with Gasteiger partial charge >= 0.3 is 5.97 Å². The van der Waals surface area contributed by atoms with Crippen LogP contribution in [0.4, 0.5) is 11.4 Å². The van der Waals surface area contributed by atoms with Crippen molar-refractivity contribution in [2.24, 2.45) is 0 Å². The normalized spacial score (nSPS) is 9.86. The number of methoxy groups -OCH3 is 1. The first-order valence-electron chi connectivity index (χ1n) is 3.95. The second-order valence-corrected chi connectivity index (χ2v) is 3.59. The maximum absolute atomic E-state index is 11.0. The van der Waals surface area contributed by atoms with Crippen LogP contribution < -0.4 is 11.5 Å². The van der Waals surface area contributed by atoms with E-state index in [1.807, 2.05) is 0 Å². The van der Waals surface area contributed by atoms with Crippen molar-refractivity contribution >= 4 is 33.3 Å².